The van der Waals surface area contributed by atoms with E-state index < -0.39 is 7.52 Å². The van der Waals surface area contributed by atoms with Crippen molar-refractivity contribution in [3.63, 3.8) is 0 Å². The van der Waals surface area contributed by atoms with E-state index >= 15 is 0 Å². The summed E-state index contributed by atoms with van der Waals surface area (Å²) in [6.07, 6.45) is 4.01. The van der Waals surface area contributed by atoms with Crippen molar-refractivity contribution in [3.05, 3.63) is 12.7 Å². The zero-order valence-electron chi connectivity index (χ0n) is 14.4. The van der Waals surface area contributed by atoms with Gasteiger partial charge in [-0.05, 0) is 26.8 Å². The van der Waals surface area contributed by atoms with E-state index in [2.05, 4.69) is 15.0 Å². The second kappa shape index (κ2) is 8.91. The summed E-state index contributed by atoms with van der Waals surface area (Å²) >= 11 is 5.62. The Morgan fingerprint density at radius 1 is 1.44 bits per heavy atom. The second-order valence-electron chi connectivity index (χ2n) is 5.88. The van der Waals surface area contributed by atoms with E-state index in [0.717, 1.165) is 12.8 Å². The maximum Gasteiger partial charge on any atom is 0.294 e. The summed E-state index contributed by atoms with van der Waals surface area (Å²) in [5, 5.41) is 0. The number of imidazole rings is 1. The number of fused-ring (bicyclic) bond motifs is 1. The van der Waals surface area contributed by atoms with E-state index in [0.29, 0.717) is 36.0 Å². The summed E-state index contributed by atoms with van der Waals surface area (Å²) in [7, 11) is -1.91. The predicted octanol–water partition coefficient (Wildman–Crippen LogP) is 1.91. The number of rotatable bonds is 10. The molecule has 0 amide bonds. The van der Waals surface area contributed by atoms with Gasteiger partial charge in [-0.25, -0.2) is 19.6 Å². The average Bonchev–Trinajstić information content (AvgIpc) is 2.97. The Kier molecular flexibility index (Phi) is 7.15. The third kappa shape index (κ3) is 5.36. The van der Waals surface area contributed by atoms with Crippen LogP contribution in [-0.2, 0) is 15.8 Å². The monoisotopic (exact) mass is 390 g/mol. The number of aromatic nitrogens is 4. The predicted molar refractivity (Wildman–Crippen MR) is 97.6 cm³/mol. The first-order valence-electron chi connectivity index (χ1n) is 7.97. The van der Waals surface area contributed by atoms with Gasteiger partial charge in [-0.1, -0.05) is 0 Å². The van der Waals surface area contributed by atoms with Crippen LogP contribution in [0, 0.1) is 0 Å². The van der Waals surface area contributed by atoms with Gasteiger partial charge in [0.25, 0.3) is 7.52 Å². The number of alkyl halides is 1. The quantitative estimate of drug-likeness (QED) is 0.358. The summed E-state index contributed by atoms with van der Waals surface area (Å²) in [6, 6.07) is 0. The molecule has 0 aliphatic heterocycles. The minimum atomic E-state index is -3.53. The number of nitrogen functional groups attached to an aromatic ring is 1. The van der Waals surface area contributed by atoms with Gasteiger partial charge in [0.05, 0.1) is 19.0 Å². The van der Waals surface area contributed by atoms with Crippen molar-refractivity contribution in [2.45, 2.75) is 32.4 Å². The molecule has 0 saturated carbocycles. The number of ether oxygens (including phenoxy) is 1. The van der Waals surface area contributed by atoms with E-state index in [1.807, 2.05) is 6.92 Å². The fraction of sp³-hybridized carbons (Fsp3) is 0.643. The van der Waals surface area contributed by atoms with Crippen molar-refractivity contribution in [1.82, 2.24) is 24.2 Å². The van der Waals surface area contributed by atoms with Crippen molar-refractivity contribution in [3.8, 4) is 0 Å². The molecule has 2 heterocycles. The molecule has 0 spiro atoms. The summed E-state index contributed by atoms with van der Waals surface area (Å²) in [4.78, 5) is 22.4. The third-order valence-corrected chi connectivity index (χ3v) is 5.83. The number of halogens is 1. The van der Waals surface area contributed by atoms with Gasteiger partial charge in [0, 0.05) is 12.4 Å². The largest absolute Gasteiger partial charge is 0.382 e. The Morgan fingerprint density at radius 3 is 2.92 bits per heavy atom. The number of nitrogens with two attached hydrogens (primary N) is 1. The van der Waals surface area contributed by atoms with Crippen molar-refractivity contribution in [1.29, 1.82) is 0 Å². The molecule has 2 rings (SSSR count). The molecule has 0 radical (unpaired) electrons. The molecule has 2 aromatic rings. The fourth-order valence-electron chi connectivity index (χ4n) is 2.28. The first kappa shape index (κ1) is 20.1. The van der Waals surface area contributed by atoms with E-state index in [4.69, 9.17) is 22.1 Å². The minimum Gasteiger partial charge on any atom is -0.382 e. The van der Waals surface area contributed by atoms with Crippen molar-refractivity contribution in [2.75, 3.05) is 31.6 Å². The molecule has 3 N–H and O–H groups in total. The lowest BCUT2D eigenvalue weighted by Gasteiger charge is -2.24. The molecule has 0 bridgehead atoms. The highest BCUT2D eigenvalue weighted by molar-refractivity contribution is 7.55. The zero-order valence-corrected chi connectivity index (χ0v) is 16.0. The number of unbranched alkanes of at least 4 members (excludes halogenated alkanes) is 1. The zero-order chi connectivity index (χ0) is 18.4. The molecule has 0 aliphatic carbocycles. The lowest BCUT2D eigenvalue weighted by molar-refractivity contribution is 0.0785. The standard InChI is InChI=1S/C14H24ClN6O3P/c1-11(24-10-25(22,23)20(2)6-4-3-5-15)7-21-9-19-12-13(16)17-8-18-14(12)21/h8-9,11H,3-7,10H2,1-2H3,(H,22,23)(H2,16,17,18)/t11-/m1/s1. The van der Waals surface area contributed by atoms with Crippen LogP contribution in [0.1, 0.15) is 19.8 Å². The molecular weight excluding hydrogens is 367 g/mol. The Bertz CT molecular complexity index is 742. The normalized spacial score (nSPS) is 15.6. The van der Waals surface area contributed by atoms with Crippen LogP contribution < -0.4 is 5.73 Å². The first-order chi connectivity index (χ1) is 11.8. The maximum atomic E-state index is 12.3. The van der Waals surface area contributed by atoms with Crippen LogP contribution in [0.15, 0.2) is 12.7 Å². The van der Waals surface area contributed by atoms with E-state index in [1.54, 1.807) is 17.9 Å². The highest BCUT2D eigenvalue weighted by Gasteiger charge is 2.25. The van der Waals surface area contributed by atoms with Crippen LogP contribution in [0.25, 0.3) is 11.2 Å². The van der Waals surface area contributed by atoms with Crippen LogP contribution in [0.4, 0.5) is 5.82 Å². The third-order valence-electron chi connectivity index (χ3n) is 3.81. The number of anilines is 1. The van der Waals surface area contributed by atoms with Crippen LogP contribution in [-0.4, -0.2) is 61.0 Å². The molecule has 140 valence electrons. The van der Waals surface area contributed by atoms with Crippen molar-refractivity contribution < 1.29 is 14.2 Å². The Labute approximate surface area is 151 Å². The Morgan fingerprint density at radius 2 is 2.20 bits per heavy atom. The molecule has 0 saturated heterocycles. The first-order valence-corrected chi connectivity index (χ1v) is 10.3. The van der Waals surface area contributed by atoms with Gasteiger partial charge in [0.1, 0.15) is 18.2 Å². The van der Waals surface area contributed by atoms with Gasteiger partial charge < -0.3 is 19.9 Å². The van der Waals surface area contributed by atoms with Crippen LogP contribution >= 0.6 is 19.1 Å². The molecular formula is C14H24ClN6O3P. The van der Waals surface area contributed by atoms with E-state index in [-0.39, 0.29) is 12.5 Å². The van der Waals surface area contributed by atoms with E-state index in [9.17, 15) is 9.46 Å². The van der Waals surface area contributed by atoms with Gasteiger partial charge in [0.15, 0.2) is 11.5 Å². The molecule has 25 heavy (non-hydrogen) atoms. The fourth-order valence-corrected chi connectivity index (χ4v) is 3.57. The van der Waals surface area contributed by atoms with Crippen LogP contribution in [0.2, 0.25) is 0 Å². The smallest absolute Gasteiger partial charge is 0.294 e. The molecule has 2 atom stereocenters. The highest BCUT2D eigenvalue weighted by Crippen LogP contribution is 2.44. The summed E-state index contributed by atoms with van der Waals surface area (Å²) in [5.74, 6) is 0.861. The van der Waals surface area contributed by atoms with Gasteiger partial charge in [0.2, 0.25) is 0 Å². The lowest BCUT2D eigenvalue weighted by Crippen LogP contribution is -2.23. The van der Waals surface area contributed by atoms with E-state index in [1.165, 1.54) is 11.0 Å². The number of hydrogen-bond donors (Lipinski definition) is 2. The highest BCUT2D eigenvalue weighted by atomic mass is 35.5. The van der Waals surface area contributed by atoms with Gasteiger partial charge in [-0.2, -0.15) is 0 Å². The average molecular weight is 391 g/mol. The van der Waals surface area contributed by atoms with Crippen molar-refractivity contribution >= 4 is 36.1 Å². The number of nitrogens with zero attached hydrogens (tertiary/aromatic N) is 5. The topological polar surface area (TPSA) is 119 Å². The summed E-state index contributed by atoms with van der Waals surface area (Å²) in [6.45, 7) is 2.76. The lowest BCUT2D eigenvalue weighted by atomic mass is 10.3. The molecule has 1 unspecified atom stereocenters. The van der Waals surface area contributed by atoms with Crippen LogP contribution in [0.3, 0.4) is 0 Å². The van der Waals surface area contributed by atoms with Gasteiger partial charge in [-0.15, -0.1) is 11.6 Å². The SMILES string of the molecule is C[C@H](Cn1cnc2c(N)ncnc21)OCP(=O)(O)N(C)CCCCCl. The molecule has 0 aromatic carbocycles. The molecule has 9 nitrogen and oxygen atoms in total. The molecule has 0 aliphatic rings. The second-order valence-corrected chi connectivity index (χ2v) is 8.52. The summed E-state index contributed by atoms with van der Waals surface area (Å²) < 4.78 is 21.1. The van der Waals surface area contributed by atoms with Crippen molar-refractivity contribution in [2.24, 2.45) is 0 Å². The minimum absolute atomic E-state index is 0.241. The van der Waals surface area contributed by atoms with Crippen LogP contribution in [0.5, 0.6) is 0 Å². The molecule has 11 heteroatoms. The van der Waals surface area contributed by atoms with Gasteiger partial charge >= 0.3 is 0 Å². The molecule has 2 aromatic heterocycles. The summed E-state index contributed by atoms with van der Waals surface area (Å²) in [5.41, 5.74) is 6.89. The Balaban J connectivity index is 1.90. The number of hydrogen-bond acceptors (Lipinski definition) is 6. The molecule has 0 fully saturated rings. The maximum absolute atomic E-state index is 12.3. The Hall–Kier alpha value is -1.25. The van der Waals surface area contributed by atoms with Gasteiger partial charge in [-0.3, -0.25) is 4.57 Å².